The highest BCUT2D eigenvalue weighted by molar-refractivity contribution is 7.89. The number of benzene rings is 1. The van der Waals surface area contributed by atoms with E-state index in [9.17, 15) is 8.42 Å². The van der Waals surface area contributed by atoms with Crippen molar-refractivity contribution in [3.05, 3.63) is 39.8 Å². The molecule has 1 aliphatic carbocycles. The molecule has 118 valence electrons. The van der Waals surface area contributed by atoms with Crippen molar-refractivity contribution in [2.24, 2.45) is 0 Å². The molecule has 2 aromatic rings. The summed E-state index contributed by atoms with van der Waals surface area (Å²) in [6, 6.07) is 5.09. The maximum absolute atomic E-state index is 12.5. The minimum absolute atomic E-state index is 0.161. The summed E-state index contributed by atoms with van der Waals surface area (Å²) in [6.07, 6.45) is 2.38. The zero-order chi connectivity index (χ0) is 15.7. The standard InChI is InChI=1S/C15H18N2O3S2/c1-10-3-6-13(20-2)14(7-10)22(18,19)16-8-15-17-12(9-21-15)11-4-5-11/h3,6-7,9,11,16H,4-5,8H2,1-2H3. The predicted octanol–water partition coefficient (Wildman–Crippen LogP) is 2.82. The lowest BCUT2D eigenvalue weighted by atomic mass is 10.2. The quantitative estimate of drug-likeness (QED) is 0.879. The topological polar surface area (TPSA) is 68.3 Å². The molecule has 3 rings (SSSR count). The van der Waals surface area contributed by atoms with Gasteiger partial charge in [-0.05, 0) is 37.5 Å². The number of hydrogen-bond donors (Lipinski definition) is 1. The van der Waals surface area contributed by atoms with E-state index in [4.69, 9.17) is 4.74 Å². The third kappa shape index (κ3) is 3.31. The Bertz CT molecular complexity index is 780. The Kier molecular flexibility index (Phi) is 4.20. The number of methoxy groups -OCH3 is 1. The van der Waals surface area contributed by atoms with Gasteiger partial charge in [0.15, 0.2) is 0 Å². The Labute approximate surface area is 134 Å². The van der Waals surface area contributed by atoms with Crippen LogP contribution in [0.3, 0.4) is 0 Å². The number of sulfonamides is 1. The minimum atomic E-state index is -3.63. The van der Waals surface area contributed by atoms with E-state index in [-0.39, 0.29) is 11.4 Å². The first-order chi connectivity index (χ1) is 10.5. The van der Waals surface area contributed by atoms with Crippen LogP contribution in [0.2, 0.25) is 0 Å². The summed E-state index contributed by atoms with van der Waals surface area (Å²) >= 11 is 1.50. The van der Waals surface area contributed by atoms with Gasteiger partial charge in [-0.15, -0.1) is 11.3 Å². The Morgan fingerprint density at radius 1 is 1.41 bits per heavy atom. The molecule has 1 aliphatic rings. The van der Waals surface area contributed by atoms with Crippen LogP contribution in [0.15, 0.2) is 28.5 Å². The molecule has 5 nitrogen and oxygen atoms in total. The Hall–Kier alpha value is -1.44. The fourth-order valence-corrected chi connectivity index (χ4v) is 4.35. The largest absolute Gasteiger partial charge is 0.495 e. The van der Waals surface area contributed by atoms with E-state index in [0.29, 0.717) is 11.7 Å². The fourth-order valence-electron chi connectivity index (χ4n) is 2.20. The molecule has 0 atom stereocenters. The molecule has 1 aromatic heterocycles. The second-order valence-electron chi connectivity index (χ2n) is 5.42. The molecule has 7 heteroatoms. The maximum atomic E-state index is 12.5. The van der Waals surface area contributed by atoms with E-state index in [2.05, 4.69) is 9.71 Å². The van der Waals surface area contributed by atoms with Gasteiger partial charge in [-0.1, -0.05) is 6.07 Å². The molecule has 0 amide bonds. The maximum Gasteiger partial charge on any atom is 0.244 e. The van der Waals surface area contributed by atoms with Gasteiger partial charge in [-0.3, -0.25) is 0 Å². The number of nitrogens with zero attached hydrogens (tertiary/aromatic N) is 1. The smallest absolute Gasteiger partial charge is 0.244 e. The van der Waals surface area contributed by atoms with E-state index in [1.165, 1.54) is 31.3 Å². The number of aryl methyl sites for hydroxylation is 1. The highest BCUT2D eigenvalue weighted by Crippen LogP contribution is 2.40. The molecule has 0 unspecified atom stereocenters. The van der Waals surface area contributed by atoms with Crippen molar-refractivity contribution in [2.75, 3.05) is 7.11 Å². The third-order valence-corrected chi connectivity index (χ3v) is 5.88. The summed E-state index contributed by atoms with van der Waals surface area (Å²) in [7, 11) is -2.16. The van der Waals surface area contributed by atoms with Crippen LogP contribution >= 0.6 is 11.3 Å². The van der Waals surface area contributed by atoms with E-state index in [1.54, 1.807) is 12.1 Å². The molecule has 0 saturated heterocycles. The summed E-state index contributed by atoms with van der Waals surface area (Å²) in [5.41, 5.74) is 1.96. The summed E-state index contributed by atoms with van der Waals surface area (Å²) in [5.74, 6) is 0.925. The van der Waals surface area contributed by atoms with Crippen molar-refractivity contribution in [3.63, 3.8) is 0 Å². The van der Waals surface area contributed by atoms with Crippen LogP contribution in [0.5, 0.6) is 5.75 Å². The van der Waals surface area contributed by atoms with Crippen LogP contribution in [-0.4, -0.2) is 20.5 Å². The number of thiazole rings is 1. The number of ether oxygens (including phenoxy) is 1. The first kappa shape index (κ1) is 15.5. The second kappa shape index (κ2) is 5.98. The van der Waals surface area contributed by atoms with Crippen molar-refractivity contribution in [2.45, 2.75) is 37.1 Å². The molecule has 0 radical (unpaired) electrons. The third-order valence-electron chi connectivity index (χ3n) is 3.59. The molecule has 1 saturated carbocycles. The first-order valence-corrected chi connectivity index (χ1v) is 9.44. The Balaban J connectivity index is 1.76. The molecule has 0 aliphatic heterocycles. The van der Waals surface area contributed by atoms with Crippen LogP contribution in [0.4, 0.5) is 0 Å². The monoisotopic (exact) mass is 338 g/mol. The average Bonchev–Trinajstić information content (AvgIpc) is 3.24. The van der Waals surface area contributed by atoms with E-state index in [0.717, 1.165) is 16.3 Å². The van der Waals surface area contributed by atoms with Gasteiger partial charge in [0.05, 0.1) is 19.3 Å². The zero-order valence-corrected chi connectivity index (χ0v) is 14.1. The van der Waals surface area contributed by atoms with E-state index in [1.807, 2.05) is 18.4 Å². The molecule has 1 fully saturated rings. The van der Waals surface area contributed by atoms with Gasteiger partial charge in [0.1, 0.15) is 15.7 Å². The van der Waals surface area contributed by atoms with E-state index < -0.39 is 10.0 Å². The summed E-state index contributed by atoms with van der Waals surface area (Å²) in [5, 5.41) is 2.81. The SMILES string of the molecule is COc1ccc(C)cc1S(=O)(=O)NCc1nc(C2CC2)cs1. The highest BCUT2D eigenvalue weighted by Gasteiger charge is 2.26. The van der Waals surface area contributed by atoms with Crippen LogP contribution in [0, 0.1) is 6.92 Å². The van der Waals surface area contributed by atoms with Gasteiger partial charge in [0, 0.05) is 11.3 Å². The van der Waals surface area contributed by atoms with Crippen LogP contribution in [-0.2, 0) is 16.6 Å². The number of hydrogen-bond acceptors (Lipinski definition) is 5. The Morgan fingerprint density at radius 2 is 2.18 bits per heavy atom. The lowest BCUT2D eigenvalue weighted by molar-refractivity contribution is 0.402. The van der Waals surface area contributed by atoms with Gasteiger partial charge in [-0.25, -0.2) is 18.1 Å². The lowest BCUT2D eigenvalue weighted by Gasteiger charge is -2.10. The number of nitrogens with one attached hydrogen (secondary N) is 1. The van der Waals surface area contributed by atoms with Gasteiger partial charge >= 0.3 is 0 Å². The van der Waals surface area contributed by atoms with Crippen molar-refractivity contribution in [1.29, 1.82) is 0 Å². The molecule has 22 heavy (non-hydrogen) atoms. The van der Waals surface area contributed by atoms with Crippen molar-refractivity contribution < 1.29 is 13.2 Å². The normalized spacial score (nSPS) is 15.0. The highest BCUT2D eigenvalue weighted by atomic mass is 32.2. The summed E-state index contributed by atoms with van der Waals surface area (Å²) in [4.78, 5) is 4.65. The summed E-state index contributed by atoms with van der Waals surface area (Å²) in [6.45, 7) is 2.05. The Morgan fingerprint density at radius 3 is 2.86 bits per heavy atom. The second-order valence-corrected chi connectivity index (χ2v) is 8.10. The molecule has 0 spiro atoms. The average molecular weight is 338 g/mol. The number of aromatic nitrogens is 1. The predicted molar refractivity (Wildman–Crippen MR) is 85.8 cm³/mol. The molecular weight excluding hydrogens is 320 g/mol. The van der Waals surface area contributed by atoms with Crippen LogP contribution < -0.4 is 9.46 Å². The minimum Gasteiger partial charge on any atom is -0.495 e. The molecule has 1 aromatic carbocycles. The van der Waals surface area contributed by atoms with Gasteiger partial charge in [-0.2, -0.15) is 0 Å². The molecule has 1 heterocycles. The first-order valence-electron chi connectivity index (χ1n) is 7.08. The molecular formula is C15H18N2O3S2. The van der Waals surface area contributed by atoms with Gasteiger partial charge in [0.2, 0.25) is 10.0 Å². The van der Waals surface area contributed by atoms with Crippen LogP contribution in [0.25, 0.3) is 0 Å². The summed E-state index contributed by atoms with van der Waals surface area (Å²) < 4.78 is 32.7. The number of rotatable bonds is 6. The van der Waals surface area contributed by atoms with Crippen molar-refractivity contribution in [3.8, 4) is 5.75 Å². The zero-order valence-electron chi connectivity index (χ0n) is 12.5. The van der Waals surface area contributed by atoms with Crippen molar-refractivity contribution >= 4 is 21.4 Å². The van der Waals surface area contributed by atoms with Gasteiger partial charge < -0.3 is 4.74 Å². The molecule has 1 N–H and O–H groups in total. The van der Waals surface area contributed by atoms with Gasteiger partial charge in [0.25, 0.3) is 0 Å². The van der Waals surface area contributed by atoms with E-state index >= 15 is 0 Å². The lowest BCUT2D eigenvalue weighted by Crippen LogP contribution is -2.23. The van der Waals surface area contributed by atoms with Crippen LogP contribution in [0.1, 0.15) is 35.0 Å². The molecule has 0 bridgehead atoms. The van der Waals surface area contributed by atoms with Crippen molar-refractivity contribution in [1.82, 2.24) is 9.71 Å². The fraction of sp³-hybridized carbons (Fsp3) is 0.400.